The summed E-state index contributed by atoms with van der Waals surface area (Å²) < 4.78 is 4.92. The fourth-order valence-electron chi connectivity index (χ4n) is 0.792. The van der Waals surface area contributed by atoms with E-state index in [9.17, 15) is 4.79 Å². The number of thiol groups is 1. The average Bonchev–Trinajstić information content (AvgIpc) is 2.56. The van der Waals surface area contributed by atoms with Crippen LogP contribution in [0.1, 0.15) is 6.92 Å². The molecule has 0 aromatic heterocycles. The van der Waals surface area contributed by atoms with Crippen LogP contribution in [0.3, 0.4) is 0 Å². The van der Waals surface area contributed by atoms with E-state index in [0.29, 0.717) is 12.2 Å². The Morgan fingerprint density at radius 1 is 1.54 bits per heavy atom. The Labute approximate surface area is 81.3 Å². The molecule has 0 aliphatic carbocycles. The molecule has 0 unspecified atom stereocenters. The predicted molar refractivity (Wildman–Crippen MR) is 57.3 cm³/mol. The second-order valence-corrected chi connectivity index (χ2v) is 4.55. The van der Waals surface area contributed by atoms with Crippen molar-refractivity contribution in [3.63, 3.8) is 0 Å². The molecule has 0 saturated heterocycles. The van der Waals surface area contributed by atoms with Crippen LogP contribution in [-0.2, 0) is 9.53 Å². The lowest BCUT2D eigenvalue weighted by molar-refractivity contribution is -0.137. The Kier molecular flexibility index (Phi) is 3.83. The first-order valence-corrected chi connectivity index (χ1v) is 5.53. The fraction of sp³-hybridized carbons (Fsp3) is 0.200. The van der Waals surface area contributed by atoms with Gasteiger partial charge in [-0.2, -0.15) is 0 Å². The van der Waals surface area contributed by atoms with Crippen molar-refractivity contribution in [3.8, 4) is 0 Å². The molecule has 2 nitrogen and oxygen atoms in total. The molecule has 0 aromatic rings. The Morgan fingerprint density at radius 2 is 2.15 bits per heavy atom. The second-order valence-electron chi connectivity index (χ2n) is 2.69. The van der Waals surface area contributed by atoms with Crippen molar-refractivity contribution in [3.05, 3.63) is 40.9 Å². The Balaban J connectivity index is 2.14. The third-order valence-corrected chi connectivity index (χ3v) is 3.08. The lowest BCUT2D eigenvalue weighted by Gasteiger charge is -2.09. The van der Waals surface area contributed by atoms with E-state index in [0.717, 1.165) is 0 Å². The summed E-state index contributed by atoms with van der Waals surface area (Å²) in [5.41, 5.74) is 0.443. The van der Waals surface area contributed by atoms with Crippen molar-refractivity contribution in [1.82, 2.24) is 0 Å². The summed E-state index contributed by atoms with van der Waals surface area (Å²) in [7, 11) is -0.288. The Hall–Kier alpha value is -0.960. The molecule has 0 spiro atoms. The van der Waals surface area contributed by atoms with Crippen LogP contribution in [0.2, 0.25) is 0 Å². The van der Waals surface area contributed by atoms with E-state index in [1.807, 2.05) is 17.9 Å². The molecule has 0 saturated carbocycles. The van der Waals surface area contributed by atoms with Gasteiger partial charge in [0, 0.05) is 11.3 Å². The van der Waals surface area contributed by atoms with Crippen molar-refractivity contribution in [2.45, 2.75) is 6.92 Å². The zero-order chi connectivity index (χ0) is 9.68. The van der Waals surface area contributed by atoms with E-state index in [1.54, 1.807) is 6.92 Å². The van der Waals surface area contributed by atoms with Gasteiger partial charge in [-0.1, -0.05) is 18.7 Å². The van der Waals surface area contributed by atoms with E-state index in [2.05, 4.69) is 17.4 Å². The smallest absolute Gasteiger partial charge is 0.333 e. The molecule has 13 heavy (non-hydrogen) atoms. The molecular weight excluding hydrogens is 184 g/mol. The molecular formula is C10H13O2S. The van der Waals surface area contributed by atoms with Gasteiger partial charge in [0.2, 0.25) is 0 Å². The number of hydrogen-bond donors (Lipinski definition) is 1. The normalized spacial score (nSPS) is 16.2. The first-order valence-electron chi connectivity index (χ1n) is 3.98. The lowest BCUT2D eigenvalue weighted by Crippen LogP contribution is -2.05. The van der Waals surface area contributed by atoms with Gasteiger partial charge < -0.3 is 4.74 Å². The summed E-state index contributed by atoms with van der Waals surface area (Å²) >= 11 is 0. The molecule has 0 bridgehead atoms. The van der Waals surface area contributed by atoms with Crippen LogP contribution in [0.5, 0.6) is 0 Å². The number of carbonyl (C=O) groups excluding carboxylic acids is 1. The molecule has 1 heterocycles. The van der Waals surface area contributed by atoms with Crippen LogP contribution in [0.4, 0.5) is 0 Å². The summed E-state index contributed by atoms with van der Waals surface area (Å²) in [6.45, 7) is 5.50. The molecule has 3 heteroatoms. The van der Waals surface area contributed by atoms with Crippen LogP contribution in [0.25, 0.3) is 0 Å². The minimum atomic E-state index is -0.321. The molecule has 1 radical (unpaired) electrons. The molecule has 1 rings (SSSR count). The number of carbonyl (C=O) groups is 1. The van der Waals surface area contributed by atoms with Gasteiger partial charge in [0.15, 0.2) is 0 Å². The van der Waals surface area contributed by atoms with Gasteiger partial charge in [0.1, 0.15) is 6.61 Å². The van der Waals surface area contributed by atoms with Crippen molar-refractivity contribution in [1.29, 1.82) is 0 Å². The molecule has 0 amide bonds. The highest BCUT2D eigenvalue weighted by Gasteiger charge is 2.04. The topological polar surface area (TPSA) is 26.3 Å². The monoisotopic (exact) mass is 197 g/mol. The van der Waals surface area contributed by atoms with Crippen LogP contribution in [-0.4, -0.2) is 12.6 Å². The molecule has 0 aromatic carbocycles. The first-order chi connectivity index (χ1) is 6.20. The van der Waals surface area contributed by atoms with E-state index < -0.39 is 0 Å². The first kappa shape index (κ1) is 10.1. The van der Waals surface area contributed by atoms with E-state index in [4.69, 9.17) is 4.74 Å². The zero-order valence-electron chi connectivity index (χ0n) is 7.56. The average molecular weight is 197 g/mol. The van der Waals surface area contributed by atoms with Gasteiger partial charge in [0.25, 0.3) is 0 Å². The van der Waals surface area contributed by atoms with Gasteiger partial charge >= 0.3 is 5.97 Å². The SMILES string of the molecule is C=C(C)C(=O)OC[CH][SH]1C=CC=C1. The maximum absolute atomic E-state index is 10.9. The van der Waals surface area contributed by atoms with Crippen LogP contribution in [0, 0.1) is 5.75 Å². The fourth-order valence-corrected chi connectivity index (χ4v) is 1.98. The second kappa shape index (κ2) is 4.92. The Morgan fingerprint density at radius 3 is 2.69 bits per heavy atom. The predicted octanol–water partition coefficient (Wildman–Crippen LogP) is 2.31. The number of hydrogen-bond acceptors (Lipinski definition) is 2. The maximum Gasteiger partial charge on any atom is 0.333 e. The standard InChI is InChI=1S/C10H13O2S/c1-9(2)10(11)12-5-8-13-6-3-4-7-13/h3-4,6-8,13H,1,5H2,2H3. The lowest BCUT2D eigenvalue weighted by atomic mass is 10.4. The van der Waals surface area contributed by atoms with Gasteiger partial charge in [-0.15, -0.1) is 0 Å². The summed E-state index contributed by atoms with van der Waals surface area (Å²) in [4.78, 5) is 10.9. The highest BCUT2D eigenvalue weighted by Crippen LogP contribution is 2.35. The van der Waals surface area contributed by atoms with Crippen molar-refractivity contribution < 1.29 is 9.53 Å². The number of allylic oxidation sites excluding steroid dienone is 2. The van der Waals surface area contributed by atoms with Crippen molar-refractivity contribution in [2.75, 3.05) is 6.61 Å². The molecule has 0 atom stereocenters. The number of ether oxygens (including phenoxy) is 1. The van der Waals surface area contributed by atoms with E-state index >= 15 is 0 Å². The molecule has 1 aliphatic heterocycles. The quantitative estimate of drug-likeness (QED) is 0.425. The summed E-state index contributed by atoms with van der Waals surface area (Å²) in [6.07, 6.45) is 4.01. The summed E-state index contributed by atoms with van der Waals surface area (Å²) in [6, 6.07) is 0. The molecule has 71 valence electrons. The molecule has 0 fully saturated rings. The summed E-state index contributed by atoms with van der Waals surface area (Å²) in [5, 5.41) is 4.20. The van der Waals surface area contributed by atoms with E-state index in [1.165, 1.54) is 0 Å². The van der Waals surface area contributed by atoms with Gasteiger partial charge in [0.05, 0.1) is 0 Å². The highest BCUT2D eigenvalue weighted by molar-refractivity contribution is 8.24. The minimum absolute atomic E-state index is 0.288. The van der Waals surface area contributed by atoms with Crippen LogP contribution >= 0.6 is 10.9 Å². The summed E-state index contributed by atoms with van der Waals surface area (Å²) in [5.74, 6) is 1.68. The third-order valence-electron chi connectivity index (χ3n) is 1.48. The zero-order valence-corrected chi connectivity index (χ0v) is 8.46. The third kappa shape index (κ3) is 3.51. The number of esters is 1. The van der Waals surface area contributed by atoms with E-state index in [-0.39, 0.29) is 16.9 Å². The van der Waals surface area contributed by atoms with Gasteiger partial charge in [-0.25, -0.2) is 15.7 Å². The van der Waals surface area contributed by atoms with Crippen LogP contribution < -0.4 is 0 Å². The van der Waals surface area contributed by atoms with Gasteiger partial charge in [-0.3, -0.25) is 0 Å². The van der Waals surface area contributed by atoms with Gasteiger partial charge in [-0.05, 0) is 17.7 Å². The molecule has 1 aliphatic rings. The maximum atomic E-state index is 10.9. The highest BCUT2D eigenvalue weighted by atomic mass is 32.2. The van der Waals surface area contributed by atoms with Crippen LogP contribution in [0.15, 0.2) is 35.1 Å². The Bertz CT molecular complexity index is 254. The number of rotatable bonds is 4. The minimum Gasteiger partial charge on any atom is -0.461 e. The van der Waals surface area contributed by atoms with Crippen molar-refractivity contribution in [2.24, 2.45) is 0 Å². The van der Waals surface area contributed by atoms with Crippen molar-refractivity contribution >= 4 is 16.9 Å². The largest absolute Gasteiger partial charge is 0.461 e. The molecule has 0 N–H and O–H groups in total.